The van der Waals surface area contributed by atoms with Crippen LogP contribution in [0.15, 0.2) is 42.4 Å². The van der Waals surface area contributed by atoms with Gasteiger partial charge in [-0.1, -0.05) is 6.07 Å². The molecule has 35 heavy (non-hydrogen) atoms. The van der Waals surface area contributed by atoms with Crippen LogP contribution in [0.1, 0.15) is 61.0 Å². The van der Waals surface area contributed by atoms with Crippen LogP contribution in [0.4, 0.5) is 8.78 Å². The second kappa shape index (κ2) is 8.59. The highest BCUT2D eigenvalue weighted by atomic mass is 19.3. The fourth-order valence-electron chi connectivity index (χ4n) is 5.22. The summed E-state index contributed by atoms with van der Waals surface area (Å²) in [6, 6.07) is 7.46. The third-order valence-corrected chi connectivity index (χ3v) is 7.03. The van der Waals surface area contributed by atoms with Gasteiger partial charge in [-0.15, -0.1) is 0 Å². The summed E-state index contributed by atoms with van der Waals surface area (Å²) in [4.78, 5) is 16.6. The number of aliphatic hydroxyl groups is 1. The largest absolute Gasteiger partial charge is 0.512 e. The summed E-state index contributed by atoms with van der Waals surface area (Å²) < 4.78 is 34.6. The lowest BCUT2D eigenvalue weighted by Crippen LogP contribution is -2.26. The molecule has 3 heterocycles. The van der Waals surface area contributed by atoms with Gasteiger partial charge in [0.1, 0.15) is 6.61 Å². The van der Waals surface area contributed by atoms with Gasteiger partial charge in [-0.05, 0) is 56.4 Å². The number of carbonyl (C=O) groups excluding carboxylic acids is 1. The van der Waals surface area contributed by atoms with Crippen molar-refractivity contribution in [2.45, 2.75) is 58.6 Å². The molecule has 2 aromatic heterocycles. The molecule has 1 aliphatic heterocycles. The number of hydrogen-bond donors (Lipinski definition) is 2. The van der Waals surface area contributed by atoms with Crippen LogP contribution in [0.2, 0.25) is 0 Å². The number of rotatable bonds is 5. The van der Waals surface area contributed by atoms with Gasteiger partial charge < -0.3 is 19.8 Å². The molecule has 0 unspecified atom stereocenters. The minimum atomic E-state index is -2.58. The highest BCUT2D eigenvalue weighted by Crippen LogP contribution is 2.39. The molecule has 0 saturated heterocycles. The third-order valence-electron chi connectivity index (χ3n) is 7.03. The number of cyclic esters (lactones) is 1. The van der Waals surface area contributed by atoms with E-state index in [4.69, 9.17) is 15.1 Å². The van der Waals surface area contributed by atoms with E-state index in [1.54, 1.807) is 19.2 Å². The molecule has 2 aliphatic rings. The van der Waals surface area contributed by atoms with Crippen molar-refractivity contribution in [2.75, 3.05) is 0 Å². The molecule has 0 atom stereocenters. The lowest BCUT2D eigenvalue weighted by atomic mass is 9.87. The lowest BCUT2D eigenvalue weighted by molar-refractivity contribution is -0.0472. The molecule has 0 amide bonds. The Balaban J connectivity index is 1.61. The molecule has 2 N–H and O–H groups in total. The molecule has 182 valence electrons. The number of pyridine rings is 1. The number of hydrogen-bond acceptors (Lipinski definition) is 5. The van der Waals surface area contributed by atoms with Crippen molar-refractivity contribution in [2.24, 2.45) is 5.92 Å². The van der Waals surface area contributed by atoms with Gasteiger partial charge in [0.05, 0.1) is 22.4 Å². The maximum absolute atomic E-state index is 13.7. The number of fused-ring (bicyclic) bond motifs is 2. The Hall–Kier alpha value is -3.55. The van der Waals surface area contributed by atoms with Crippen LogP contribution < -0.4 is 0 Å². The molecule has 0 bridgehead atoms. The third kappa shape index (κ3) is 4.33. The predicted molar refractivity (Wildman–Crippen MR) is 130 cm³/mol. The smallest absolute Gasteiger partial charge is 0.338 e. The van der Waals surface area contributed by atoms with Crippen molar-refractivity contribution in [1.82, 2.24) is 9.55 Å². The van der Waals surface area contributed by atoms with E-state index in [1.165, 1.54) is 6.92 Å². The molecule has 1 aromatic carbocycles. The number of benzene rings is 1. The topological polar surface area (TPSA) is 88.2 Å². The Kier molecular flexibility index (Phi) is 5.69. The highest BCUT2D eigenvalue weighted by molar-refractivity contribution is 6.22. The number of nitrogens with one attached hydrogen (secondary N) is 1. The van der Waals surface area contributed by atoms with Crippen molar-refractivity contribution >= 4 is 28.3 Å². The fraction of sp³-hybridized carbons (Fsp3) is 0.370. The number of aliphatic hydroxyl groups excluding tert-OH is 1. The second-order valence-corrected chi connectivity index (χ2v) is 9.62. The molecule has 5 rings (SSSR count). The Bertz CT molecular complexity index is 1380. The molecule has 0 radical (unpaired) electrons. The maximum atomic E-state index is 13.7. The first-order chi connectivity index (χ1) is 16.6. The number of carbonyl (C=O) groups is 1. The minimum absolute atomic E-state index is 0.0368. The van der Waals surface area contributed by atoms with E-state index in [-0.39, 0.29) is 42.8 Å². The monoisotopic (exact) mass is 479 g/mol. The number of alkyl halides is 2. The Morgan fingerprint density at radius 2 is 1.97 bits per heavy atom. The molecule has 6 nitrogen and oxygen atoms in total. The van der Waals surface area contributed by atoms with Gasteiger partial charge in [0.2, 0.25) is 5.92 Å². The minimum Gasteiger partial charge on any atom is -0.512 e. The zero-order valence-corrected chi connectivity index (χ0v) is 19.7. The fourth-order valence-corrected chi connectivity index (χ4v) is 5.22. The Labute approximate surface area is 201 Å². The van der Waals surface area contributed by atoms with E-state index in [2.05, 4.69) is 0 Å². The zero-order valence-electron chi connectivity index (χ0n) is 19.7. The van der Waals surface area contributed by atoms with Gasteiger partial charge >= 0.3 is 5.97 Å². The Morgan fingerprint density at radius 3 is 2.66 bits per heavy atom. The van der Waals surface area contributed by atoms with Crippen molar-refractivity contribution in [3.8, 4) is 11.1 Å². The normalized spacial score (nSPS) is 18.3. The van der Waals surface area contributed by atoms with Crippen molar-refractivity contribution in [3.05, 3.63) is 59.1 Å². The van der Waals surface area contributed by atoms with Crippen LogP contribution in [-0.2, 0) is 17.9 Å². The van der Waals surface area contributed by atoms with Crippen LogP contribution in [0.3, 0.4) is 0 Å². The first-order valence-electron chi connectivity index (χ1n) is 11.8. The van der Waals surface area contributed by atoms with E-state index >= 15 is 0 Å². The maximum Gasteiger partial charge on any atom is 0.338 e. The number of nitrogens with zero attached hydrogens (tertiary/aromatic N) is 2. The predicted octanol–water partition coefficient (Wildman–Crippen LogP) is 6.53. The molecule has 1 aliphatic carbocycles. The summed E-state index contributed by atoms with van der Waals surface area (Å²) in [5.74, 6) is -2.76. The summed E-state index contributed by atoms with van der Waals surface area (Å²) in [5, 5.41) is 18.3. The van der Waals surface area contributed by atoms with Crippen LogP contribution >= 0.6 is 0 Å². The number of halogens is 2. The van der Waals surface area contributed by atoms with Gasteiger partial charge in [0, 0.05) is 59.8 Å². The van der Waals surface area contributed by atoms with Gasteiger partial charge in [0.25, 0.3) is 0 Å². The molecule has 0 spiro atoms. The quantitative estimate of drug-likeness (QED) is 0.247. The van der Waals surface area contributed by atoms with Crippen LogP contribution in [0.25, 0.3) is 27.7 Å². The highest BCUT2D eigenvalue weighted by Gasteiger charge is 2.35. The molecule has 1 fully saturated rings. The average molecular weight is 480 g/mol. The van der Waals surface area contributed by atoms with E-state index in [9.17, 15) is 18.7 Å². The van der Waals surface area contributed by atoms with Crippen molar-refractivity contribution in [1.29, 1.82) is 5.41 Å². The molecule has 8 heteroatoms. The van der Waals surface area contributed by atoms with Crippen LogP contribution in [0, 0.1) is 11.3 Å². The average Bonchev–Trinajstić information content (AvgIpc) is 3.35. The second-order valence-electron chi connectivity index (χ2n) is 9.62. The van der Waals surface area contributed by atoms with Gasteiger partial charge in [0.15, 0.2) is 0 Å². The summed E-state index contributed by atoms with van der Waals surface area (Å²) >= 11 is 0. The number of esters is 1. The summed E-state index contributed by atoms with van der Waals surface area (Å²) in [5.41, 5.74) is 5.94. The first-order valence-corrected chi connectivity index (χ1v) is 11.8. The number of aromatic nitrogens is 2. The Morgan fingerprint density at radius 1 is 1.23 bits per heavy atom. The van der Waals surface area contributed by atoms with Gasteiger partial charge in [-0.25, -0.2) is 13.6 Å². The molecule has 3 aromatic rings. The number of ether oxygens (including phenoxy) is 1. The van der Waals surface area contributed by atoms with Crippen molar-refractivity contribution in [3.63, 3.8) is 0 Å². The van der Waals surface area contributed by atoms with E-state index in [0.29, 0.717) is 36.1 Å². The van der Waals surface area contributed by atoms with Crippen LogP contribution in [-0.4, -0.2) is 32.3 Å². The summed E-state index contributed by atoms with van der Waals surface area (Å²) in [6.45, 7) is 3.96. The van der Waals surface area contributed by atoms with Gasteiger partial charge in [-0.3, -0.25) is 4.98 Å². The summed E-state index contributed by atoms with van der Waals surface area (Å²) in [6.07, 6.45) is 4.33. The molecule has 1 saturated carbocycles. The first kappa shape index (κ1) is 23.2. The SMILES string of the molecule is CC(=N)/C(=C(/C)O)c1cnc2c(-c3ccc4c(c3)COC4=O)cn(CC3CCC(F)(F)CC3)c2c1. The van der Waals surface area contributed by atoms with Gasteiger partial charge in [-0.2, -0.15) is 0 Å². The van der Waals surface area contributed by atoms with E-state index in [0.717, 1.165) is 27.7 Å². The lowest BCUT2D eigenvalue weighted by Gasteiger charge is -2.28. The molecular formula is C27H27F2N3O3. The summed E-state index contributed by atoms with van der Waals surface area (Å²) in [7, 11) is 0. The zero-order chi connectivity index (χ0) is 24.9. The molecular weight excluding hydrogens is 452 g/mol. The van der Waals surface area contributed by atoms with Crippen LogP contribution in [0.5, 0.6) is 0 Å². The number of allylic oxidation sites excluding steroid dienone is 2. The van der Waals surface area contributed by atoms with E-state index < -0.39 is 5.92 Å². The van der Waals surface area contributed by atoms with E-state index in [1.807, 2.05) is 29.0 Å². The van der Waals surface area contributed by atoms with Crippen molar-refractivity contribution < 1.29 is 23.4 Å². The standard InChI is InChI=1S/C27H27F2N3O3/c1-15(30)24(16(2)33)19-10-23-25(31-11-19)22(18-3-4-21-20(9-18)14-35-26(21)34)13-32(23)12-17-5-7-27(28,29)8-6-17/h3-4,9-11,13,17,30,33H,5-8,12,14H2,1-2H3/b24-16+,30-15?.